The minimum atomic E-state index is -1.11. The number of nitro groups is 1. The minimum absolute atomic E-state index is 0.0513. The van der Waals surface area contributed by atoms with Gasteiger partial charge in [0, 0.05) is 27.5 Å². The topological polar surface area (TPSA) is 137 Å². The molecule has 1 aromatic heterocycles. The predicted octanol–water partition coefficient (Wildman–Crippen LogP) is 5.44. The number of carboxylic acid groups (broad SMARTS) is 1. The van der Waals surface area contributed by atoms with Gasteiger partial charge in [-0.2, -0.15) is 9.78 Å². The fourth-order valence-electron chi connectivity index (χ4n) is 3.60. The molecular formula is C25H18BrClN4O6. The second kappa shape index (κ2) is 10.9. The van der Waals surface area contributed by atoms with Gasteiger partial charge in [-0.15, -0.1) is 0 Å². The van der Waals surface area contributed by atoms with Crippen LogP contribution in [0, 0.1) is 10.1 Å². The third-order valence-corrected chi connectivity index (χ3v) is 6.03. The highest BCUT2D eigenvalue weighted by Crippen LogP contribution is 2.34. The number of hydrogen-bond acceptors (Lipinski definition) is 7. The van der Waals surface area contributed by atoms with E-state index in [0.717, 1.165) is 10.7 Å². The highest BCUT2D eigenvalue weighted by molar-refractivity contribution is 9.10. The van der Waals surface area contributed by atoms with Gasteiger partial charge in [-0.3, -0.25) is 14.9 Å². The number of ether oxygens (including phenoxy) is 1. The molecule has 0 atom stereocenters. The van der Waals surface area contributed by atoms with Crippen LogP contribution in [0.15, 0.2) is 69.0 Å². The predicted molar refractivity (Wildman–Crippen MR) is 142 cm³/mol. The summed E-state index contributed by atoms with van der Waals surface area (Å²) in [5, 5.41) is 25.7. The first-order valence-corrected chi connectivity index (χ1v) is 12.0. The molecule has 0 fully saturated rings. The van der Waals surface area contributed by atoms with Crippen molar-refractivity contribution in [1.82, 2.24) is 9.66 Å². The van der Waals surface area contributed by atoms with Gasteiger partial charge in [0.15, 0.2) is 0 Å². The molecule has 0 aliphatic heterocycles. The van der Waals surface area contributed by atoms with Crippen molar-refractivity contribution in [3.8, 4) is 5.75 Å². The van der Waals surface area contributed by atoms with Gasteiger partial charge in [0.05, 0.1) is 27.6 Å². The van der Waals surface area contributed by atoms with Gasteiger partial charge in [-0.05, 0) is 42.0 Å². The molecule has 0 spiro atoms. The smallest absolute Gasteiger partial charge is 0.335 e. The van der Waals surface area contributed by atoms with Gasteiger partial charge < -0.3 is 9.84 Å². The lowest BCUT2D eigenvalue weighted by Crippen LogP contribution is -2.22. The molecule has 3 aromatic carbocycles. The first-order chi connectivity index (χ1) is 17.7. The normalized spacial score (nSPS) is 11.2. The van der Waals surface area contributed by atoms with Crippen LogP contribution < -0.4 is 10.3 Å². The van der Waals surface area contributed by atoms with E-state index < -0.39 is 22.1 Å². The summed E-state index contributed by atoms with van der Waals surface area (Å²) in [5.74, 6) is -0.859. The number of halogens is 2. The molecule has 0 saturated carbocycles. The number of carbonyl (C=O) groups is 1. The summed E-state index contributed by atoms with van der Waals surface area (Å²) in [4.78, 5) is 40.1. The lowest BCUT2D eigenvalue weighted by Gasteiger charge is -2.11. The molecule has 0 aliphatic rings. The molecule has 0 unspecified atom stereocenters. The van der Waals surface area contributed by atoms with E-state index in [1.807, 2.05) is 6.92 Å². The van der Waals surface area contributed by atoms with Crippen LogP contribution in [0.1, 0.15) is 34.2 Å². The van der Waals surface area contributed by atoms with E-state index in [-0.39, 0.29) is 28.5 Å². The SMILES string of the molecule is CCc1nc2ccc(Br)cc2c(=O)n1N=Cc1cc(Cl)cc([N+](=O)[O-])c1OCc1cccc(C(=O)O)c1. The van der Waals surface area contributed by atoms with Crippen molar-refractivity contribution in [3.05, 3.63) is 107 Å². The zero-order valence-electron chi connectivity index (χ0n) is 19.2. The van der Waals surface area contributed by atoms with Crippen LogP contribution in [0.3, 0.4) is 0 Å². The number of nitrogens with zero attached hydrogens (tertiary/aromatic N) is 4. The van der Waals surface area contributed by atoms with Crippen molar-refractivity contribution in [2.24, 2.45) is 5.10 Å². The molecule has 0 radical (unpaired) electrons. The Morgan fingerprint density at radius 3 is 2.76 bits per heavy atom. The van der Waals surface area contributed by atoms with Crippen LogP contribution in [-0.2, 0) is 13.0 Å². The summed E-state index contributed by atoms with van der Waals surface area (Å²) >= 11 is 9.48. The third-order valence-electron chi connectivity index (χ3n) is 5.32. The summed E-state index contributed by atoms with van der Waals surface area (Å²) < 4.78 is 7.60. The van der Waals surface area contributed by atoms with Crippen LogP contribution in [0.4, 0.5) is 5.69 Å². The van der Waals surface area contributed by atoms with Gasteiger partial charge in [0.2, 0.25) is 5.75 Å². The zero-order chi connectivity index (χ0) is 26.7. The number of aromatic carboxylic acids is 1. The number of aromatic nitrogens is 2. The molecule has 188 valence electrons. The lowest BCUT2D eigenvalue weighted by atomic mass is 10.1. The highest BCUT2D eigenvalue weighted by Gasteiger charge is 2.21. The fourth-order valence-corrected chi connectivity index (χ4v) is 4.18. The minimum Gasteiger partial charge on any atom is -0.481 e. The molecule has 1 N–H and O–H groups in total. The fraction of sp³-hybridized carbons (Fsp3) is 0.120. The van der Waals surface area contributed by atoms with Crippen LogP contribution in [0.2, 0.25) is 5.02 Å². The average Bonchev–Trinajstić information content (AvgIpc) is 2.87. The van der Waals surface area contributed by atoms with Gasteiger partial charge in [0.25, 0.3) is 5.56 Å². The van der Waals surface area contributed by atoms with E-state index in [4.69, 9.17) is 16.3 Å². The first kappa shape index (κ1) is 26.0. The zero-order valence-corrected chi connectivity index (χ0v) is 21.6. The molecule has 0 bridgehead atoms. The van der Waals surface area contributed by atoms with E-state index in [0.29, 0.717) is 33.2 Å². The Balaban J connectivity index is 1.79. The number of aryl methyl sites for hydroxylation is 1. The van der Waals surface area contributed by atoms with Crippen LogP contribution in [0.5, 0.6) is 5.75 Å². The van der Waals surface area contributed by atoms with Crippen LogP contribution in [-0.4, -0.2) is 31.9 Å². The Hall–Kier alpha value is -4.09. The molecule has 12 heteroatoms. The second-order valence-electron chi connectivity index (χ2n) is 7.80. The quantitative estimate of drug-likeness (QED) is 0.165. The molecule has 10 nitrogen and oxygen atoms in total. The van der Waals surface area contributed by atoms with E-state index in [1.54, 1.807) is 30.3 Å². The van der Waals surface area contributed by atoms with Crippen molar-refractivity contribution in [3.63, 3.8) is 0 Å². The van der Waals surface area contributed by atoms with Crippen LogP contribution in [0.25, 0.3) is 10.9 Å². The summed E-state index contributed by atoms with van der Waals surface area (Å²) in [5.41, 5.74) is 0.381. The second-order valence-corrected chi connectivity index (χ2v) is 9.15. The Morgan fingerprint density at radius 2 is 2.05 bits per heavy atom. The Labute approximate surface area is 223 Å². The highest BCUT2D eigenvalue weighted by atomic mass is 79.9. The standard InChI is InChI=1S/C25H18BrClN4O6/c1-2-22-29-20-7-6-17(26)10-19(20)24(32)30(22)28-12-16-9-18(27)11-21(31(35)36)23(16)37-13-14-4-3-5-15(8-14)25(33)34/h3-12H,2,13H2,1H3,(H,33,34). The maximum Gasteiger partial charge on any atom is 0.335 e. The third kappa shape index (κ3) is 5.68. The number of rotatable bonds is 8. The van der Waals surface area contributed by atoms with Crippen molar-refractivity contribution < 1.29 is 19.6 Å². The molecule has 0 saturated heterocycles. The van der Waals surface area contributed by atoms with E-state index in [1.165, 1.54) is 24.4 Å². The van der Waals surface area contributed by atoms with Crippen molar-refractivity contribution in [2.75, 3.05) is 0 Å². The molecule has 0 aliphatic carbocycles. The molecule has 4 rings (SSSR count). The molecule has 37 heavy (non-hydrogen) atoms. The summed E-state index contributed by atoms with van der Waals surface area (Å²) in [6.07, 6.45) is 1.64. The lowest BCUT2D eigenvalue weighted by molar-refractivity contribution is -0.385. The molecule has 1 heterocycles. The average molecular weight is 586 g/mol. The Kier molecular flexibility index (Phi) is 7.65. The van der Waals surface area contributed by atoms with E-state index in [9.17, 15) is 24.8 Å². The molecular weight excluding hydrogens is 568 g/mol. The van der Waals surface area contributed by atoms with E-state index in [2.05, 4.69) is 26.0 Å². The van der Waals surface area contributed by atoms with Crippen molar-refractivity contribution in [2.45, 2.75) is 20.0 Å². The summed E-state index contributed by atoms with van der Waals surface area (Å²) in [7, 11) is 0. The number of nitro benzene ring substituents is 1. The Morgan fingerprint density at radius 1 is 1.27 bits per heavy atom. The van der Waals surface area contributed by atoms with Gasteiger partial charge in [-0.25, -0.2) is 9.78 Å². The van der Waals surface area contributed by atoms with Gasteiger partial charge >= 0.3 is 11.7 Å². The van der Waals surface area contributed by atoms with E-state index >= 15 is 0 Å². The maximum absolute atomic E-state index is 13.2. The number of hydrogen-bond donors (Lipinski definition) is 1. The number of benzene rings is 3. The van der Waals surface area contributed by atoms with Crippen LogP contribution >= 0.6 is 27.5 Å². The molecule has 0 amide bonds. The van der Waals surface area contributed by atoms with Crippen molar-refractivity contribution in [1.29, 1.82) is 0 Å². The monoisotopic (exact) mass is 584 g/mol. The Bertz CT molecular complexity index is 1640. The molecule has 4 aromatic rings. The maximum atomic E-state index is 13.2. The number of fused-ring (bicyclic) bond motifs is 1. The first-order valence-electron chi connectivity index (χ1n) is 10.9. The summed E-state index contributed by atoms with van der Waals surface area (Å²) in [6, 6.07) is 13.7. The van der Waals surface area contributed by atoms with Gasteiger partial charge in [-0.1, -0.05) is 46.6 Å². The largest absolute Gasteiger partial charge is 0.481 e. The van der Waals surface area contributed by atoms with Crippen molar-refractivity contribution >= 4 is 56.3 Å². The summed E-state index contributed by atoms with van der Waals surface area (Å²) in [6.45, 7) is 1.67. The van der Waals surface area contributed by atoms with Gasteiger partial charge in [0.1, 0.15) is 12.4 Å². The number of carboxylic acids is 1.